The Bertz CT molecular complexity index is 370. The molecule has 4 N–H and O–H groups in total. The fraction of sp³-hybridized carbons (Fsp3) is 0.800. The molecule has 17 heteroatoms. The van der Waals surface area contributed by atoms with E-state index in [0.29, 0.717) is 0 Å². The standard InChI is InChI=1S/C3H3Br2F2.C3H3BrF2O2.C2HBrF2O2.CH4O.6CH4.H2O.Y/c1-2(4)3(5,6)7;1-8-2(7)3(4,5)6;3-2(4,5)1(6)7;1-2;;;;;;;;/h1H3;1H3;(H,6,7);2H,1H3;6*1H4;1H2;/q-1;;;;;;;;;;;. The van der Waals surface area contributed by atoms with E-state index in [-0.39, 0.29) is 87.6 Å². The fourth-order valence-corrected chi connectivity index (χ4v) is 0.278. The molecule has 0 aliphatic rings. The molecule has 0 amide bonds. The zero-order chi connectivity index (χ0) is 20.9. The molecular formula is C15H37Br4F6O6Y-. The van der Waals surface area contributed by atoms with Gasteiger partial charge >= 0.3 is 21.6 Å². The van der Waals surface area contributed by atoms with Crippen LogP contribution in [-0.2, 0) is 47.0 Å². The second kappa shape index (κ2) is 37.0. The summed E-state index contributed by atoms with van der Waals surface area (Å²) in [6.45, 7) is 1.29. The summed E-state index contributed by atoms with van der Waals surface area (Å²) in [6, 6.07) is 0. The summed E-state index contributed by atoms with van der Waals surface area (Å²) in [5, 5.41) is 14.5. The van der Waals surface area contributed by atoms with Crippen LogP contribution in [0.2, 0.25) is 0 Å². The Hall–Kier alpha value is 1.46. The van der Waals surface area contributed by atoms with Crippen molar-refractivity contribution in [2.75, 3.05) is 14.2 Å². The van der Waals surface area contributed by atoms with Crippen molar-refractivity contribution < 1.29 is 89.1 Å². The Morgan fingerprint density at radius 3 is 0.969 bits per heavy atom. The van der Waals surface area contributed by atoms with Crippen LogP contribution in [0.15, 0.2) is 0 Å². The second-order valence-electron chi connectivity index (χ2n) is 2.82. The zero-order valence-corrected chi connectivity index (χ0v) is 22.2. The van der Waals surface area contributed by atoms with Crippen molar-refractivity contribution in [1.29, 1.82) is 0 Å². The smallest absolute Gasteiger partial charge is 0.395 e. The van der Waals surface area contributed by atoms with Gasteiger partial charge in [-0.15, -0.1) is 0 Å². The normalized spacial score (nSPS) is 8.22. The van der Waals surface area contributed by atoms with Gasteiger partial charge in [0.25, 0.3) is 0 Å². The van der Waals surface area contributed by atoms with Gasteiger partial charge in [-0.2, -0.15) is 29.3 Å². The number of ether oxygens (including phenoxy) is 1. The van der Waals surface area contributed by atoms with Gasteiger partial charge in [0.1, 0.15) is 0 Å². The third kappa shape index (κ3) is 63.4. The summed E-state index contributed by atoms with van der Waals surface area (Å²) in [6.07, 6.45) is 0. The van der Waals surface area contributed by atoms with Crippen LogP contribution in [0.4, 0.5) is 26.3 Å². The van der Waals surface area contributed by atoms with E-state index in [1.165, 1.54) is 6.92 Å². The van der Waals surface area contributed by atoms with Gasteiger partial charge in [0.15, 0.2) is 4.83 Å². The second-order valence-corrected chi connectivity index (χ2v) is 7.00. The summed E-state index contributed by atoms with van der Waals surface area (Å²) >= 11 is 8.15. The van der Waals surface area contributed by atoms with Gasteiger partial charge < -0.3 is 36.4 Å². The summed E-state index contributed by atoms with van der Waals surface area (Å²) in [7, 11) is 1.89. The molecule has 0 fully saturated rings. The molecule has 0 aliphatic carbocycles. The molecule has 0 bridgehead atoms. The van der Waals surface area contributed by atoms with Crippen LogP contribution < -0.4 is 0 Å². The Kier molecular flexibility index (Phi) is 88.6. The van der Waals surface area contributed by atoms with Crippen LogP contribution in [0.25, 0.3) is 0 Å². The third-order valence-electron chi connectivity index (χ3n) is 1.05. The molecule has 0 spiro atoms. The van der Waals surface area contributed by atoms with Crippen molar-refractivity contribution in [3.05, 3.63) is 4.83 Å². The molecule has 32 heavy (non-hydrogen) atoms. The molecule has 207 valence electrons. The van der Waals surface area contributed by atoms with Crippen molar-refractivity contribution in [1.82, 2.24) is 0 Å². The topological polar surface area (TPSA) is 115 Å². The summed E-state index contributed by atoms with van der Waals surface area (Å²) in [4.78, 5) is 8.76. The molecule has 0 saturated heterocycles. The van der Waals surface area contributed by atoms with Crippen molar-refractivity contribution in [2.45, 2.75) is 66.0 Å². The molecule has 0 rings (SSSR count). The molecule has 0 atom stereocenters. The molecule has 0 heterocycles. The van der Waals surface area contributed by atoms with Crippen molar-refractivity contribution >= 4 is 75.7 Å². The SMILES string of the molecule is C.C.C.C.C.C.CO.COC(=O)C(F)(F)Br.C[C-](Br)C(F)(F)Br.O.O=C(O)C(F)(F)Br.[Y]. The quantitative estimate of drug-likeness (QED) is 0.131. The number of carbonyl (C=O) groups is 2. The minimum absolute atomic E-state index is 0. The first-order valence-electron chi connectivity index (χ1n) is 4.83. The average Bonchev–Trinajstić information content (AvgIpc) is 2.38. The number of hydrogen-bond acceptors (Lipinski definition) is 4. The van der Waals surface area contributed by atoms with Crippen LogP contribution in [0, 0.1) is 4.83 Å². The molecule has 0 aromatic carbocycles. The Labute approximate surface area is 247 Å². The summed E-state index contributed by atoms with van der Waals surface area (Å²) in [5.41, 5.74) is 0. The maximum atomic E-state index is 11.7. The number of halogens is 10. The predicted octanol–water partition coefficient (Wildman–Crippen LogP) is 7.72. The van der Waals surface area contributed by atoms with E-state index < -0.39 is 26.4 Å². The molecule has 6 nitrogen and oxygen atoms in total. The van der Waals surface area contributed by atoms with Crippen molar-refractivity contribution in [3.8, 4) is 0 Å². The molecule has 0 aromatic rings. The van der Waals surface area contributed by atoms with Gasteiger partial charge in [-0.25, -0.2) is 18.4 Å². The van der Waals surface area contributed by atoms with E-state index in [4.69, 9.17) is 10.2 Å². The average molecular weight is 836 g/mol. The summed E-state index contributed by atoms with van der Waals surface area (Å²) < 4.78 is 72.5. The van der Waals surface area contributed by atoms with Crippen LogP contribution in [-0.4, -0.2) is 56.3 Å². The largest absolute Gasteiger partial charge is 0.476 e. The maximum Gasteiger partial charge on any atom is 0.395 e. The number of aliphatic carboxylic acids is 1. The number of rotatable bonds is 3. The van der Waals surface area contributed by atoms with Gasteiger partial charge in [0.2, 0.25) is 0 Å². The fourth-order valence-electron chi connectivity index (χ4n) is 0.116. The van der Waals surface area contributed by atoms with E-state index in [1.54, 1.807) is 31.9 Å². The monoisotopic (exact) mass is 832 g/mol. The van der Waals surface area contributed by atoms with Gasteiger partial charge in [0, 0.05) is 71.7 Å². The Morgan fingerprint density at radius 1 is 0.812 bits per heavy atom. The molecule has 0 aliphatic heterocycles. The number of carboxylic acid groups (broad SMARTS) is 1. The molecule has 0 saturated carbocycles. The molecule has 1 radical (unpaired) electrons. The van der Waals surface area contributed by atoms with Gasteiger partial charge in [-0.05, 0) is 15.9 Å². The number of carboxylic acids is 1. The number of methoxy groups -OCH3 is 1. The van der Waals surface area contributed by atoms with Gasteiger partial charge in [-0.3, -0.25) is 0 Å². The molecular weight excluding hydrogens is 799 g/mol. The number of carbonyl (C=O) groups excluding carboxylic acids is 1. The predicted molar refractivity (Wildman–Crippen MR) is 131 cm³/mol. The van der Waals surface area contributed by atoms with Crippen LogP contribution >= 0.6 is 63.7 Å². The van der Waals surface area contributed by atoms with Crippen LogP contribution in [0.1, 0.15) is 51.5 Å². The Morgan fingerprint density at radius 2 is 0.969 bits per heavy atom. The van der Waals surface area contributed by atoms with E-state index in [0.717, 1.165) is 14.2 Å². The number of alkyl halides is 9. The third-order valence-corrected chi connectivity index (χ3v) is 3.34. The first-order valence-corrected chi connectivity index (χ1v) is 8.00. The molecule has 0 unspecified atom stereocenters. The van der Waals surface area contributed by atoms with Gasteiger partial charge in [-0.1, -0.05) is 44.6 Å². The first kappa shape index (κ1) is 76.6. The van der Waals surface area contributed by atoms with E-state index in [9.17, 15) is 35.9 Å². The van der Waals surface area contributed by atoms with E-state index in [1.807, 2.05) is 0 Å². The van der Waals surface area contributed by atoms with Gasteiger partial charge in [0.05, 0.1) is 7.11 Å². The van der Waals surface area contributed by atoms with E-state index >= 15 is 0 Å². The van der Waals surface area contributed by atoms with E-state index in [2.05, 4.69) is 36.6 Å². The minimum atomic E-state index is -3.77. The number of aliphatic hydroxyl groups is 1. The number of hydrogen-bond donors (Lipinski definition) is 2. The first-order chi connectivity index (χ1) is 10.4. The minimum Gasteiger partial charge on any atom is -0.476 e. The zero-order valence-electron chi connectivity index (χ0n) is 13.0. The summed E-state index contributed by atoms with van der Waals surface area (Å²) in [5.74, 6) is -3.76. The number of aliphatic hydroxyl groups excluding tert-OH is 1. The molecule has 0 aromatic heterocycles. The van der Waals surface area contributed by atoms with Crippen molar-refractivity contribution in [3.63, 3.8) is 0 Å². The number of esters is 1. The van der Waals surface area contributed by atoms with Crippen LogP contribution in [0.3, 0.4) is 0 Å². The maximum absolute atomic E-state index is 11.7. The Balaban J connectivity index is -0.0000000161. The van der Waals surface area contributed by atoms with Crippen LogP contribution in [0.5, 0.6) is 0 Å². The van der Waals surface area contributed by atoms with Crippen molar-refractivity contribution in [2.24, 2.45) is 0 Å².